The van der Waals surface area contributed by atoms with E-state index in [1.54, 1.807) is 26.0 Å². The highest BCUT2D eigenvalue weighted by Gasteiger charge is 2.31. The van der Waals surface area contributed by atoms with E-state index in [-0.39, 0.29) is 12.0 Å². The summed E-state index contributed by atoms with van der Waals surface area (Å²) in [6, 6.07) is 8.35. The van der Waals surface area contributed by atoms with Crippen molar-refractivity contribution in [2.24, 2.45) is 11.8 Å². The maximum atomic E-state index is 14.1. The second kappa shape index (κ2) is 12.0. The summed E-state index contributed by atoms with van der Waals surface area (Å²) in [4.78, 5) is 27.2. The average Bonchev–Trinajstić information content (AvgIpc) is 2.74. The molecule has 0 atom stereocenters. The van der Waals surface area contributed by atoms with Gasteiger partial charge in [0, 0.05) is 25.2 Å². The zero-order valence-electron chi connectivity index (χ0n) is 21.6. The van der Waals surface area contributed by atoms with Crippen molar-refractivity contribution in [1.82, 2.24) is 0 Å². The van der Waals surface area contributed by atoms with Crippen molar-refractivity contribution in [3.8, 4) is 5.75 Å². The first-order chi connectivity index (χ1) is 16.3. The molecule has 0 spiro atoms. The van der Waals surface area contributed by atoms with Crippen LogP contribution in [-0.4, -0.2) is 37.7 Å². The molecule has 2 aromatic rings. The third kappa shape index (κ3) is 8.23. The molecule has 0 heterocycles. The number of hydrogen-bond acceptors (Lipinski definition) is 5. The van der Waals surface area contributed by atoms with Crippen molar-refractivity contribution < 1.29 is 27.8 Å². The van der Waals surface area contributed by atoms with E-state index in [1.807, 2.05) is 6.07 Å². The lowest BCUT2D eigenvalue weighted by atomic mass is 10.1. The quantitative estimate of drug-likeness (QED) is 0.416. The van der Waals surface area contributed by atoms with Gasteiger partial charge in [-0.3, -0.25) is 4.79 Å². The number of rotatable bonds is 11. The molecule has 192 valence electrons. The zero-order chi connectivity index (χ0) is 26.3. The Morgan fingerprint density at radius 2 is 1.63 bits per heavy atom. The molecule has 0 saturated heterocycles. The van der Waals surface area contributed by atoms with E-state index in [0.717, 1.165) is 30.9 Å². The molecular formula is C27H36F2N2O4. The second-order valence-electron chi connectivity index (χ2n) is 9.94. The van der Waals surface area contributed by atoms with E-state index in [2.05, 4.69) is 37.9 Å². The van der Waals surface area contributed by atoms with Gasteiger partial charge in [0.25, 0.3) is 0 Å². The second-order valence-corrected chi connectivity index (χ2v) is 9.94. The Labute approximate surface area is 206 Å². The normalized spacial score (nSPS) is 11.5. The van der Waals surface area contributed by atoms with Gasteiger partial charge in [-0.15, -0.1) is 0 Å². The molecule has 2 aromatic carbocycles. The molecule has 0 aromatic heterocycles. The van der Waals surface area contributed by atoms with Gasteiger partial charge in [-0.1, -0.05) is 33.8 Å². The van der Waals surface area contributed by atoms with E-state index in [1.165, 1.54) is 13.2 Å². The number of halogens is 2. The van der Waals surface area contributed by atoms with E-state index in [9.17, 15) is 18.4 Å². The summed E-state index contributed by atoms with van der Waals surface area (Å²) >= 11 is 0. The highest BCUT2D eigenvalue weighted by atomic mass is 19.1. The lowest BCUT2D eigenvalue weighted by molar-refractivity contribution is -0.156. The van der Waals surface area contributed by atoms with Crippen LogP contribution in [0.5, 0.6) is 5.75 Å². The van der Waals surface area contributed by atoms with Gasteiger partial charge >= 0.3 is 5.97 Å². The molecule has 0 fully saturated rings. The van der Waals surface area contributed by atoms with Crippen LogP contribution in [0.4, 0.5) is 20.2 Å². The number of nitrogens with one attached hydrogen (secondary N) is 1. The molecule has 2 rings (SSSR count). The molecule has 1 N–H and O–H groups in total. The van der Waals surface area contributed by atoms with E-state index in [4.69, 9.17) is 9.47 Å². The molecule has 0 aliphatic rings. The van der Waals surface area contributed by atoms with Crippen molar-refractivity contribution in [2.75, 3.05) is 30.4 Å². The third-order valence-corrected chi connectivity index (χ3v) is 5.17. The SMILES string of the molecule is COC(=O)C(C)(C)Oc1ccc(N(CC(C)C)CC(C)C)c(NC(=O)Cc2ccc(F)cc2F)c1. The van der Waals surface area contributed by atoms with Crippen LogP contribution in [0.25, 0.3) is 0 Å². The molecular weight excluding hydrogens is 454 g/mol. The number of nitrogens with zero attached hydrogens (tertiary/aromatic N) is 1. The number of carbonyl (C=O) groups excluding carboxylic acids is 2. The largest absolute Gasteiger partial charge is 0.476 e. The first kappa shape index (κ1) is 28.1. The number of benzene rings is 2. The van der Waals surface area contributed by atoms with Gasteiger partial charge in [0.15, 0.2) is 5.60 Å². The van der Waals surface area contributed by atoms with Crippen LogP contribution >= 0.6 is 0 Å². The minimum Gasteiger partial charge on any atom is -0.476 e. The Balaban J connectivity index is 2.43. The highest BCUT2D eigenvalue weighted by molar-refractivity contribution is 5.96. The van der Waals surface area contributed by atoms with E-state index >= 15 is 0 Å². The average molecular weight is 491 g/mol. The number of hydrogen-bond donors (Lipinski definition) is 1. The smallest absolute Gasteiger partial charge is 0.349 e. The fourth-order valence-electron chi connectivity index (χ4n) is 3.72. The predicted molar refractivity (Wildman–Crippen MR) is 134 cm³/mol. The molecule has 0 radical (unpaired) electrons. The molecule has 6 nitrogen and oxygen atoms in total. The number of esters is 1. The lowest BCUT2D eigenvalue weighted by Gasteiger charge is -2.31. The van der Waals surface area contributed by atoms with Gasteiger partial charge < -0.3 is 19.7 Å². The van der Waals surface area contributed by atoms with Gasteiger partial charge in [-0.05, 0) is 49.4 Å². The van der Waals surface area contributed by atoms with Crippen LogP contribution in [-0.2, 0) is 20.7 Å². The number of amides is 1. The summed E-state index contributed by atoms with van der Waals surface area (Å²) in [6.07, 6.45) is -0.265. The van der Waals surface area contributed by atoms with Crippen molar-refractivity contribution in [3.63, 3.8) is 0 Å². The minimum absolute atomic E-state index is 0.0888. The molecule has 8 heteroatoms. The number of carbonyl (C=O) groups is 2. The zero-order valence-corrected chi connectivity index (χ0v) is 21.6. The molecule has 0 unspecified atom stereocenters. The Morgan fingerprint density at radius 1 is 1.00 bits per heavy atom. The third-order valence-electron chi connectivity index (χ3n) is 5.17. The summed E-state index contributed by atoms with van der Waals surface area (Å²) < 4.78 is 38.1. The number of ether oxygens (including phenoxy) is 2. The van der Waals surface area contributed by atoms with Crippen LogP contribution in [0, 0.1) is 23.5 Å². The van der Waals surface area contributed by atoms with Gasteiger partial charge in [0.2, 0.25) is 5.91 Å². The summed E-state index contributed by atoms with van der Waals surface area (Å²) in [5, 5.41) is 2.86. The van der Waals surface area contributed by atoms with Crippen molar-refractivity contribution in [1.29, 1.82) is 0 Å². The minimum atomic E-state index is -1.25. The van der Waals surface area contributed by atoms with Crippen molar-refractivity contribution >= 4 is 23.3 Å². The molecule has 0 saturated carbocycles. The summed E-state index contributed by atoms with van der Waals surface area (Å²) in [5.41, 5.74) is 0.0936. The molecule has 0 bridgehead atoms. The summed E-state index contributed by atoms with van der Waals surface area (Å²) in [6.45, 7) is 13.1. The standard InChI is InChI=1S/C27H36F2N2O4/c1-17(2)15-31(16-18(3)4)24-11-10-21(35-27(5,6)26(33)34-7)14-23(24)30-25(32)12-19-8-9-20(28)13-22(19)29/h8-11,13-14,17-18H,12,15-16H2,1-7H3,(H,30,32). The maximum Gasteiger partial charge on any atom is 0.349 e. The number of anilines is 2. The molecule has 1 amide bonds. The van der Waals surface area contributed by atoms with Gasteiger partial charge in [0.1, 0.15) is 17.4 Å². The van der Waals surface area contributed by atoms with Gasteiger partial charge in [-0.25, -0.2) is 13.6 Å². The highest BCUT2D eigenvalue weighted by Crippen LogP contribution is 2.33. The van der Waals surface area contributed by atoms with Crippen molar-refractivity contribution in [2.45, 2.75) is 53.6 Å². The van der Waals surface area contributed by atoms with Gasteiger partial charge in [0.05, 0.1) is 24.9 Å². The van der Waals surface area contributed by atoms with Crippen LogP contribution < -0.4 is 15.0 Å². The fourth-order valence-corrected chi connectivity index (χ4v) is 3.72. The maximum absolute atomic E-state index is 14.1. The van der Waals surface area contributed by atoms with Crippen LogP contribution in [0.2, 0.25) is 0 Å². The summed E-state index contributed by atoms with van der Waals surface area (Å²) in [5.74, 6) is -1.40. The fraction of sp³-hybridized carbons (Fsp3) is 0.481. The number of methoxy groups -OCH3 is 1. The Kier molecular flexibility index (Phi) is 9.63. The summed E-state index contributed by atoms with van der Waals surface area (Å²) in [7, 11) is 1.28. The first-order valence-corrected chi connectivity index (χ1v) is 11.7. The van der Waals surface area contributed by atoms with Crippen LogP contribution in [0.3, 0.4) is 0 Å². The molecule has 0 aliphatic heterocycles. The van der Waals surface area contributed by atoms with Gasteiger partial charge in [-0.2, -0.15) is 0 Å². The molecule has 0 aliphatic carbocycles. The van der Waals surface area contributed by atoms with E-state index < -0.39 is 29.1 Å². The monoisotopic (exact) mass is 490 g/mol. The van der Waals surface area contributed by atoms with Crippen LogP contribution in [0.1, 0.15) is 47.1 Å². The predicted octanol–water partition coefficient (Wildman–Crippen LogP) is 5.59. The van der Waals surface area contributed by atoms with E-state index in [0.29, 0.717) is 23.3 Å². The Hall–Kier alpha value is -3.16. The van der Waals surface area contributed by atoms with Crippen molar-refractivity contribution in [3.05, 3.63) is 53.6 Å². The lowest BCUT2D eigenvalue weighted by Crippen LogP contribution is -2.39. The topological polar surface area (TPSA) is 67.9 Å². The van der Waals surface area contributed by atoms with Crippen LogP contribution in [0.15, 0.2) is 36.4 Å². The molecule has 35 heavy (non-hydrogen) atoms. The Bertz CT molecular complexity index is 1030. The first-order valence-electron chi connectivity index (χ1n) is 11.7. The Morgan fingerprint density at radius 3 is 2.17 bits per heavy atom.